The van der Waals surface area contributed by atoms with Crippen LogP contribution in [-0.2, 0) is 9.59 Å². The maximum Gasteiger partial charge on any atom is 0.227 e. The fraction of sp³-hybridized carbons (Fsp3) is 0.571. The lowest BCUT2D eigenvalue weighted by atomic mass is 10.0. The van der Waals surface area contributed by atoms with Crippen LogP contribution in [-0.4, -0.2) is 84.0 Å². The molecule has 122 valence electrons. The van der Waals surface area contributed by atoms with E-state index in [1.807, 2.05) is 14.7 Å². The molecule has 1 unspecified atom stereocenters. The number of carbonyl (C=O) groups excluding carboxylic acids is 2. The van der Waals surface area contributed by atoms with Gasteiger partial charge < -0.3 is 14.7 Å². The van der Waals surface area contributed by atoms with Crippen molar-refractivity contribution >= 4 is 33.2 Å². The van der Waals surface area contributed by atoms with Gasteiger partial charge in [0.05, 0.1) is 5.70 Å². The average molecular weight is 345 g/mol. The Kier molecular flexibility index (Phi) is 5.15. The highest BCUT2D eigenvalue weighted by Crippen LogP contribution is 2.33. The molecule has 4 aliphatic rings. The smallest absolute Gasteiger partial charge is 0.227 e. The molecule has 0 bridgehead atoms. The first-order valence-corrected chi connectivity index (χ1v) is 7.46. The van der Waals surface area contributed by atoms with Gasteiger partial charge in [0.2, 0.25) is 11.6 Å². The van der Waals surface area contributed by atoms with Crippen LogP contribution >= 0.6 is 21.7 Å². The largest absolute Gasteiger partial charge is 0.365 e. The molecule has 0 aromatic rings. The molecule has 0 amide bonds. The van der Waals surface area contributed by atoms with Crippen molar-refractivity contribution in [3.8, 4) is 0 Å². The van der Waals surface area contributed by atoms with E-state index in [9.17, 15) is 9.59 Å². The van der Waals surface area contributed by atoms with Crippen LogP contribution in [0.5, 0.6) is 0 Å². The van der Waals surface area contributed by atoms with Crippen LogP contribution in [0.25, 0.3) is 0 Å². The lowest BCUT2D eigenvalue weighted by Crippen LogP contribution is -2.29. The lowest BCUT2D eigenvalue weighted by molar-refractivity contribution is -0.117. The first kappa shape index (κ1) is 17.3. The highest BCUT2D eigenvalue weighted by molar-refractivity contribution is 6.92. The van der Waals surface area contributed by atoms with E-state index in [2.05, 4.69) is 0 Å². The van der Waals surface area contributed by atoms with Crippen molar-refractivity contribution in [2.75, 3.05) is 53.4 Å². The fourth-order valence-corrected chi connectivity index (χ4v) is 2.28. The minimum atomic E-state index is 0. The predicted octanol–water partition coefficient (Wildman–Crippen LogP) is -0.0596. The Morgan fingerprint density at radius 3 is 1.73 bits per heavy atom. The van der Waals surface area contributed by atoms with Crippen molar-refractivity contribution in [3.05, 3.63) is 23.2 Å². The number of halogens is 1. The van der Waals surface area contributed by atoms with Crippen molar-refractivity contribution in [2.45, 2.75) is 0 Å². The molecular formula is C14H22ClN4O2P. The standard InChI is InChI=1S/C12H13N3O2.C2H6ClN.H3P/c16-9-7-8(13-1-2-13)12(17)11(15-5-6-15)10(9)14-3-4-14;1-4(2)3;/h7H,1-6H2;1-2H3;1H3. The Balaban J connectivity index is 0.000000319. The molecule has 4 rings (SSSR count). The van der Waals surface area contributed by atoms with E-state index in [0.717, 1.165) is 39.3 Å². The van der Waals surface area contributed by atoms with Gasteiger partial charge in [-0.25, -0.2) is 4.42 Å². The Morgan fingerprint density at radius 2 is 1.32 bits per heavy atom. The number of hydrogen-bond donors (Lipinski definition) is 0. The molecule has 0 N–H and O–H groups in total. The van der Waals surface area contributed by atoms with Gasteiger partial charge in [-0.15, -0.1) is 0 Å². The Morgan fingerprint density at radius 1 is 0.909 bits per heavy atom. The van der Waals surface area contributed by atoms with Crippen LogP contribution < -0.4 is 0 Å². The van der Waals surface area contributed by atoms with Crippen molar-refractivity contribution in [3.63, 3.8) is 0 Å². The van der Waals surface area contributed by atoms with E-state index in [0.29, 0.717) is 17.1 Å². The Labute approximate surface area is 139 Å². The van der Waals surface area contributed by atoms with Gasteiger partial charge in [-0.1, -0.05) is 0 Å². The van der Waals surface area contributed by atoms with Crippen molar-refractivity contribution in [1.82, 2.24) is 19.1 Å². The molecule has 0 radical (unpaired) electrons. The zero-order valence-corrected chi connectivity index (χ0v) is 15.2. The van der Waals surface area contributed by atoms with Crippen LogP contribution in [0, 0.1) is 0 Å². The summed E-state index contributed by atoms with van der Waals surface area (Å²) in [6, 6.07) is 0. The summed E-state index contributed by atoms with van der Waals surface area (Å²) >= 11 is 5.11. The molecule has 3 saturated heterocycles. The molecular weight excluding hydrogens is 323 g/mol. The Hall–Kier alpha value is -1.10. The first-order chi connectivity index (χ1) is 9.99. The van der Waals surface area contributed by atoms with Gasteiger partial charge in [0, 0.05) is 59.4 Å². The van der Waals surface area contributed by atoms with Crippen LogP contribution in [0.15, 0.2) is 23.2 Å². The van der Waals surface area contributed by atoms with Gasteiger partial charge in [0.25, 0.3) is 0 Å². The molecule has 3 aliphatic heterocycles. The summed E-state index contributed by atoms with van der Waals surface area (Å²) < 4.78 is 1.47. The average Bonchev–Trinajstić information content (AvgIpc) is 3.26. The Bertz CT molecular complexity index is 546. The van der Waals surface area contributed by atoms with Gasteiger partial charge >= 0.3 is 0 Å². The molecule has 8 heteroatoms. The van der Waals surface area contributed by atoms with Crippen LogP contribution in [0.4, 0.5) is 0 Å². The summed E-state index contributed by atoms with van der Waals surface area (Å²) in [4.78, 5) is 30.5. The van der Waals surface area contributed by atoms with Crippen molar-refractivity contribution in [2.24, 2.45) is 0 Å². The zero-order chi connectivity index (χ0) is 15.1. The second kappa shape index (κ2) is 6.57. The SMILES string of the molecule is CN(C)Cl.O=C1C=C(N2CC2)C(=O)C(N2CC2)=C1N1CC1.P. The number of ketones is 2. The summed E-state index contributed by atoms with van der Waals surface area (Å²) in [5.74, 6) is 0.0485. The minimum Gasteiger partial charge on any atom is -0.365 e. The fourth-order valence-electron chi connectivity index (χ4n) is 2.28. The summed E-state index contributed by atoms with van der Waals surface area (Å²) in [5.41, 5.74) is 1.89. The van der Waals surface area contributed by atoms with Crippen LogP contribution in [0.3, 0.4) is 0 Å². The monoisotopic (exact) mass is 344 g/mol. The highest BCUT2D eigenvalue weighted by atomic mass is 35.5. The normalized spacial score (nSPS) is 22.2. The second-order valence-electron chi connectivity index (χ2n) is 5.67. The van der Waals surface area contributed by atoms with Gasteiger partial charge in [-0.2, -0.15) is 9.90 Å². The molecule has 0 aromatic carbocycles. The molecule has 3 heterocycles. The molecule has 1 atom stereocenters. The molecule has 0 aromatic heterocycles. The number of nitrogens with zero attached hydrogens (tertiary/aromatic N) is 4. The summed E-state index contributed by atoms with van der Waals surface area (Å²) in [6.45, 7) is 5.41. The van der Waals surface area contributed by atoms with E-state index in [-0.39, 0.29) is 21.5 Å². The first-order valence-electron chi connectivity index (χ1n) is 7.12. The number of allylic oxidation sites excluding steroid dienone is 1. The van der Waals surface area contributed by atoms with Gasteiger partial charge in [-0.3, -0.25) is 9.59 Å². The third-order valence-electron chi connectivity index (χ3n) is 3.49. The number of hydrogen-bond acceptors (Lipinski definition) is 6. The molecule has 1 aliphatic carbocycles. The van der Waals surface area contributed by atoms with Crippen LogP contribution in [0.2, 0.25) is 0 Å². The molecule has 22 heavy (non-hydrogen) atoms. The maximum atomic E-state index is 12.4. The predicted molar refractivity (Wildman–Crippen MR) is 90.5 cm³/mol. The van der Waals surface area contributed by atoms with E-state index in [1.165, 1.54) is 10.5 Å². The van der Waals surface area contributed by atoms with Crippen molar-refractivity contribution in [1.29, 1.82) is 0 Å². The molecule has 6 nitrogen and oxygen atoms in total. The van der Waals surface area contributed by atoms with Crippen LogP contribution in [0.1, 0.15) is 0 Å². The van der Waals surface area contributed by atoms with Crippen molar-refractivity contribution < 1.29 is 9.59 Å². The third kappa shape index (κ3) is 3.80. The van der Waals surface area contributed by atoms with E-state index in [1.54, 1.807) is 14.1 Å². The molecule has 0 spiro atoms. The van der Waals surface area contributed by atoms with E-state index in [4.69, 9.17) is 11.8 Å². The topological polar surface area (TPSA) is 46.4 Å². The molecule has 0 saturated carbocycles. The lowest BCUT2D eigenvalue weighted by Gasteiger charge is -2.21. The minimum absolute atomic E-state index is 0. The molecule has 3 fully saturated rings. The third-order valence-corrected chi connectivity index (χ3v) is 3.49. The van der Waals surface area contributed by atoms with Gasteiger partial charge in [0.1, 0.15) is 11.4 Å². The highest BCUT2D eigenvalue weighted by Gasteiger charge is 2.43. The van der Waals surface area contributed by atoms with Gasteiger partial charge in [-0.05, 0) is 11.8 Å². The van der Waals surface area contributed by atoms with E-state index < -0.39 is 0 Å². The summed E-state index contributed by atoms with van der Waals surface area (Å²) in [7, 11) is 3.53. The number of rotatable bonds is 3. The summed E-state index contributed by atoms with van der Waals surface area (Å²) in [6.07, 6.45) is 1.52. The second-order valence-corrected chi connectivity index (χ2v) is 6.34. The maximum absolute atomic E-state index is 12.4. The quantitative estimate of drug-likeness (QED) is 0.309. The van der Waals surface area contributed by atoms with Gasteiger partial charge in [0.15, 0.2) is 0 Å². The zero-order valence-electron chi connectivity index (χ0n) is 13.0. The summed E-state index contributed by atoms with van der Waals surface area (Å²) in [5, 5.41) is 0. The number of carbonyl (C=O) groups is 2. The van der Waals surface area contributed by atoms with E-state index >= 15 is 0 Å². The number of Topliss-reactive ketones (excluding diaryl/α,β-unsaturated/α-hetero) is 1.